The number of alkyl carbamates (subject to hydrolysis) is 1. The van der Waals surface area contributed by atoms with Crippen LogP contribution in [0.5, 0.6) is 0 Å². The summed E-state index contributed by atoms with van der Waals surface area (Å²) in [4.78, 5) is 89.3. The van der Waals surface area contributed by atoms with Crippen LogP contribution in [0.4, 0.5) is 4.79 Å². The van der Waals surface area contributed by atoms with Gasteiger partial charge in [0.05, 0.1) is 80.0 Å². The lowest BCUT2D eigenvalue weighted by Gasteiger charge is -2.31. The second-order valence-corrected chi connectivity index (χ2v) is 19.5. The Morgan fingerprint density at radius 2 is 1.52 bits per heavy atom. The summed E-state index contributed by atoms with van der Waals surface area (Å²) in [7, 11) is 1.59. The summed E-state index contributed by atoms with van der Waals surface area (Å²) in [6.07, 6.45) is 3.56. The SMILES string of the molecule is CCC1=C(C)c2cc3[nH]c(cc4nc(c5c6[nH]c(cc1n2)c(C)c6C(=O)N(CCN1CCOCC1)C5=O)[C@@H](CCC(=O)OCCOCCOC)[C@@H]4C)c(C)c3/C=C/C(=O)OCCOCCNC(=O)OC(C)(C)C. The Morgan fingerprint density at radius 3 is 2.25 bits per heavy atom. The quantitative estimate of drug-likeness (QED) is 0.0316. The molecule has 0 saturated carbocycles. The molecule has 1 saturated heterocycles. The molecule has 0 unspecified atom stereocenters. The lowest BCUT2D eigenvalue weighted by Crippen LogP contribution is -2.47. The Kier molecular flexibility index (Phi) is 18.4. The molecule has 3 N–H and O–H groups in total. The highest BCUT2D eigenvalue weighted by Crippen LogP contribution is 2.44. The number of hydrogen-bond donors (Lipinski definition) is 3. The minimum absolute atomic E-state index is 0.00135. The molecule has 4 aliphatic heterocycles. The first-order valence-corrected chi connectivity index (χ1v) is 25.3. The molecule has 0 aliphatic carbocycles. The van der Waals surface area contributed by atoms with Crippen molar-refractivity contribution >= 4 is 69.1 Å². The van der Waals surface area contributed by atoms with Gasteiger partial charge in [0.1, 0.15) is 18.8 Å². The van der Waals surface area contributed by atoms with Crippen LogP contribution in [0.25, 0.3) is 39.3 Å². The van der Waals surface area contributed by atoms with Gasteiger partial charge in [0, 0.05) is 92.0 Å². The predicted octanol–water partition coefficient (Wildman–Crippen LogP) is 7.17. The van der Waals surface area contributed by atoms with Crippen LogP contribution >= 0.6 is 0 Å². The number of esters is 2. The number of H-pyrrole nitrogens is 2. The standard InChI is InChI=1S/C54H71N7O12/c1-10-36-32(2)40-30-44-37(11-13-45(62)71-27-25-68-20-15-55-53(66)73-54(6,7)8)33(3)39(57-44)29-41-34(4)38(12-14-46(63)72-28-26-70-24-23-67-9)49(58-41)48-50-47(35(5)42(59-50)31-43(36)56-40)51(64)61(52(48)65)17-16-60-18-21-69-22-19-60/h11,13,29-31,34,38,57,59H,10,12,14-28H2,1-9H3,(H,55,66)/b13-11+,39-29?,40-30?,41-29?,42-31?,43-31?,44-30?,49-48?/t34-,38-/m0/s1. The highest BCUT2D eigenvalue weighted by Gasteiger charge is 2.41. The fourth-order valence-corrected chi connectivity index (χ4v) is 9.47. The summed E-state index contributed by atoms with van der Waals surface area (Å²) in [5.41, 5.74) is 9.30. The fourth-order valence-electron chi connectivity index (χ4n) is 9.47. The van der Waals surface area contributed by atoms with Gasteiger partial charge in [-0.15, -0.1) is 0 Å². The van der Waals surface area contributed by atoms with E-state index >= 15 is 4.79 Å². The zero-order valence-electron chi connectivity index (χ0n) is 43.8. The van der Waals surface area contributed by atoms with Gasteiger partial charge in [0.15, 0.2) is 0 Å². The molecule has 0 spiro atoms. The zero-order chi connectivity index (χ0) is 52.4. The average Bonchev–Trinajstić information content (AvgIpc) is 4.03. The van der Waals surface area contributed by atoms with Crippen molar-refractivity contribution in [3.05, 3.63) is 74.9 Å². The third-order valence-electron chi connectivity index (χ3n) is 13.4. The molecule has 1 fully saturated rings. The first kappa shape index (κ1) is 54.5. The minimum atomic E-state index is -0.612. The molecule has 19 heteroatoms. The van der Waals surface area contributed by atoms with Crippen LogP contribution in [0.3, 0.4) is 0 Å². The average molecular weight is 1010 g/mol. The number of hydrogen-bond acceptors (Lipinski definition) is 15. The van der Waals surface area contributed by atoms with Crippen molar-refractivity contribution < 1.29 is 57.1 Å². The van der Waals surface area contributed by atoms with Crippen molar-refractivity contribution in [1.29, 1.82) is 0 Å². The van der Waals surface area contributed by atoms with E-state index in [2.05, 4.69) is 27.1 Å². The second kappa shape index (κ2) is 24.6. The third-order valence-corrected chi connectivity index (χ3v) is 13.4. The lowest BCUT2D eigenvalue weighted by molar-refractivity contribution is -0.145. The summed E-state index contributed by atoms with van der Waals surface area (Å²) in [5.74, 6) is -2.55. The smallest absolute Gasteiger partial charge is 0.407 e. The monoisotopic (exact) mass is 1010 g/mol. The fraction of sp³-hybridized carbons (Fsp3) is 0.537. The number of ether oxygens (including phenoxy) is 7. The van der Waals surface area contributed by atoms with E-state index in [4.69, 9.17) is 43.1 Å². The number of carbonyl (C=O) groups excluding carboxylic acids is 5. The van der Waals surface area contributed by atoms with E-state index in [1.165, 1.54) is 11.0 Å². The molecule has 0 radical (unpaired) electrons. The highest BCUT2D eigenvalue weighted by molar-refractivity contribution is 6.23. The number of methoxy groups -OCH3 is 1. The Hall–Kier alpha value is -6.25. The number of amides is 3. The first-order chi connectivity index (χ1) is 35.0. The second-order valence-electron chi connectivity index (χ2n) is 19.5. The van der Waals surface area contributed by atoms with Gasteiger partial charge in [-0.05, 0) is 101 Å². The summed E-state index contributed by atoms with van der Waals surface area (Å²) in [6, 6.07) is 5.86. The molecule has 394 valence electrons. The lowest BCUT2D eigenvalue weighted by atomic mass is 9.84. The van der Waals surface area contributed by atoms with Gasteiger partial charge in [0.2, 0.25) is 0 Å². The van der Waals surface area contributed by atoms with Crippen LogP contribution in [0.15, 0.2) is 24.3 Å². The number of allylic oxidation sites excluding steroid dienone is 2. The van der Waals surface area contributed by atoms with Gasteiger partial charge in [-0.25, -0.2) is 14.6 Å². The number of rotatable bonds is 21. The van der Waals surface area contributed by atoms with Gasteiger partial charge < -0.3 is 48.4 Å². The van der Waals surface area contributed by atoms with E-state index in [9.17, 15) is 19.2 Å². The first-order valence-electron chi connectivity index (χ1n) is 25.3. The van der Waals surface area contributed by atoms with Crippen molar-refractivity contribution in [3.8, 4) is 0 Å². The molecule has 4 aliphatic rings. The zero-order valence-corrected chi connectivity index (χ0v) is 43.8. The number of aromatic amines is 2. The molecule has 0 aromatic carbocycles. The number of imide groups is 1. The van der Waals surface area contributed by atoms with Crippen LogP contribution in [0.2, 0.25) is 0 Å². The Labute approximate surface area is 426 Å². The molecule has 19 nitrogen and oxygen atoms in total. The number of aromatic nitrogens is 4. The van der Waals surface area contributed by atoms with Crippen molar-refractivity contribution in [2.45, 2.75) is 92.1 Å². The normalized spacial score (nSPS) is 17.2. The van der Waals surface area contributed by atoms with Gasteiger partial charge in [-0.2, -0.15) is 0 Å². The molecule has 3 aromatic heterocycles. The largest absolute Gasteiger partial charge is 0.463 e. The van der Waals surface area contributed by atoms with E-state index in [1.54, 1.807) is 34.0 Å². The summed E-state index contributed by atoms with van der Waals surface area (Å²) in [5, 5.41) is 2.63. The Balaban J connectivity index is 1.28. The number of aryl methyl sites for hydroxylation is 2. The molecule has 3 amide bonds. The van der Waals surface area contributed by atoms with Crippen molar-refractivity contribution in [3.63, 3.8) is 0 Å². The number of carbonyl (C=O) groups is 5. The minimum Gasteiger partial charge on any atom is -0.463 e. The van der Waals surface area contributed by atoms with Crippen LogP contribution < -0.4 is 5.32 Å². The van der Waals surface area contributed by atoms with Gasteiger partial charge >= 0.3 is 18.0 Å². The van der Waals surface area contributed by atoms with Crippen LogP contribution in [-0.2, 0) is 42.7 Å². The van der Waals surface area contributed by atoms with E-state index < -0.39 is 35.5 Å². The molecule has 73 heavy (non-hydrogen) atoms. The topological polar surface area (TPSA) is 226 Å². The maximum Gasteiger partial charge on any atom is 0.407 e. The number of nitrogens with zero attached hydrogens (tertiary/aromatic N) is 4. The number of nitrogens with one attached hydrogen (secondary N) is 3. The molecular weight excluding hydrogens is 939 g/mol. The molecule has 7 rings (SSSR count). The highest BCUT2D eigenvalue weighted by atomic mass is 16.6. The van der Waals surface area contributed by atoms with Gasteiger partial charge in [0.25, 0.3) is 11.8 Å². The maximum absolute atomic E-state index is 15.2. The van der Waals surface area contributed by atoms with Crippen molar-refractivity contribution in [1.82, 2.24) is 35.1 Å². The molecule has 7 heterocycles. The molecular formula is C54H71N7O12. The van der Waals surface area contributed by atoms with Crippen LogP contribution in [0.1, 0.15) is 133 Å². The van der Waals surface area contributed by atoms with E-state index in [0.717, 1.165) is 28.0 Å². The van der Waals surface area contributed by atoms with E-state index in [0.29, 0.717) is 109 Å². The van der Waals surface area contributed by atoms with Crippen LogP contribution in [0, 0.1) is 13.8 Å². The summed E-state index contributed by atoms with van der Waals surface area (Å²) >= 11 is 0. The van der Waals surface area contributed by atoms with Gasteiger partial charge in [-0.1, -0.05) is 13.8 Å². The number of morpholine rings is 1. The van der Waals surface area contributed by atoms with Gasteiger partial charge in [-0.3, -0.25) is 29.2 Å². The molecule has 3 aromatic rings. The summed E-state index contributed by atoms with van der Waals surface area (Å²) < 4.78 is 37.9. The molecule has 2 atom stereocenters. The van der Waals surface area contributed by atoms with E-state index in [-0.39, 0.29) is 69.9 Å². The predicted molar refractivity (Wildman–Crippen MR) is 275 cm³/mol. The Morgan fingerprint density at radius 1 is 0.836 bits per heavy atom. The number of fused-ring (bicyclic) bond motifs is 8. The Bertz CT molecular complexity index is 2780. The van der Waals surface area contributed by atoms with Crippen molar-refractivity contribution in [2.24, 2.45) is 0 Å². The van der Waals surface area contributed by atoms with Crippen molar-refractivity contribution in [2.75, 3.05) is 99.3 Å². The van der Waals surface area contributed by atoms with Crippen LogP contribution in [-0.4, -0.2) is 164 Å². The third kappa shape index (κ3) is 13.3. The summed E-state index contributed by atoms with van der Waals surface area (Å²) in [6.45, 7) is 20.2. The van der Waals surface area contributed by atoms with E-state index in [1.807, 2.05) is 45.9 Å². The molecule has 8 bridgehead atoms. The maximum atomic E-state index is 15.2.